The van der Waals surface area contributed by atoms with Crippen molar-refractivity contribution in [2.24, 2.45) is 0 Å². The van der Waals surface area contributed by atoms with Crippen LogP contribution in [0.4, 0.5) is 4.39 Å². The summed E-state index contributed by atoms with van der Waals surface area (Å²) < 4.78 is 17.6. The van der Waals surface area contributed by atoms with E-state index < -0.39 is 11.6 Å². The van der Waals surface area contributed by atoms with Gasteiger partial charge in [-0.05, 0) is 18.2 Å². The molecule has 72 valence electrons. The first-order valence-corrected chi connectivity index (χ1v) is 4.16. The molecule has 0 fully saturated rings. The number of aromatic nitrogens is 2. The molecule has 0 saturated carbocycles. The zero-order chi connectivity index (χ0) is 10.1. The van der Waals surface area contributed by atoms with Crippen LogP contribution in [0.15, 0.2) is 32.4 Å². The fraction of sp³-hybridized carbons (Fsp3) is 0. The van der Waals surface area contributed by atoms with Crippen LogP contribution in [-0.2, 0) is 0 Å². The van der Waals surface area contributed by atoms with E-state index in [9.17, 15) is 9.18 Å². The summed E-state index contributed by atoms with van der Waals surface area (Å²) >= 11 is 3.96. The molecule has 0 radical (unpaired) electrons. The normalized spacial score (nSPS) is 10.4. The third-order valence-corrected chi connectivity index (χ3v) is 1.93. The van der Waals surface area contributed by atoms with E-state index in [0.717, 1.165) is 0 Å². The van der Waals surface area contributed by atoms with Crippen LogP contribution in [0.25, 0.3) is 11.4 Å². The highest BCUT2D eigenvalue weighted by Gasteiger charge is 2.09. The van der Waals surface area contributed by atoms with Gasteiger partial charge in [0.1, 0.15) is 5.82 Å². The molecule has 14 heavy (non-hydrogen) atoms. The summed E-state index contributed by atoms with van der Waals surface area (Å²) in [5, 5.41) is 3.37. The minimum atomic E-state index is -0.714. The second kappa shape index (κ2) is 3.30. The molecule has 1 aromatic heterocycles. The quantitative estimate of drug-likeness (QED) is 0.703. The van der Waals surface area contributed by atoms with Gasteiger partial charge in [0.05, 0.1) is 5.56 Å². The van der Waals surface area contributed by atoms with Gasteiger partial charge in [0.25, 0.3) is 0 Å². The van der Waals surface area contributed by atoms with Crippen molar-refractivity contribution in [2.75, 3.05) is 0 Å². The Morgan fingerprint density at radius 1 is 1.50 bits per heavy atom. The molecule has 0 spiro atoms. The first kappa shape index (κ1) is 9.01. The fourth-order valence-electron chi connectivity index (χ4n) is 1.04. The third-order valence-electron chi connectivity index (χ3n) is 1.65. The Morgan fingerprint density at radius 2 is 2.29 bits per heavy atom. The minimum absolute atomic E-state index is 0.0702. The lowest BCUT2D eigenvalue weighted by Crippen LogP contribution is -1.95. The van der Waals surface area contributed by atoms with Crippen molar-refractivity contribution in [1.82, 2.24) is 10.1 Å². The van der Waals surface area contributed by atoms with E-state index >= 15 is 0 Å². The SMILES string of the molecule is O=c1[nH]c(-c2ccc(S)cc2F)no1. The maximum atomic E-state index is 13.3. The zero-order valence-corrected chi connectivity index (χ0v) is 7.72. The number of rotatable bonds is 1. The molecule has 0 amide bonds. The average Bonchev–Trinajstić information content (AvgIpc) is 2.51. The summed E-state index contributed by atoms with van der Waals surface area (Å²) in [7, 11) is 0. The van der Waals surface area contributed by atoms with E-state index in [4.69, 9.17) is 0 Å². The monoisotopic (exact) mass is 212 g/mol. The molecule has 0 unspecified atom stereocenters. The molecule has 0 saturated heterocycles. The van der Waals surface area contributed by atoms with Gasteiger partial charge >= 0.3 is 5.76 Å². The van der Waals surface area contributed by atoms with Gasteiger partial charge in [-0.25, -0.2) is 9.18 Å². The van der Waals surface area contributed by atoms with Crippen molar-refractivity contribution >= 4 is 12.6 Å². The van der Waals surface area contributed by atoms with E-state index in [1.807, 2.05) is 0 Å². The molecule has 1 N–H and O–H groups in total. The molecular weight excluding hydrogens is 207 g/mol. The number of hydrogen-bond donors (Lipinski definition) is 2. The Balaban J connectivity index is 2.57. The summed E-state index contributed by atoms with van der Waals surface area (Å²) in [6, 6.07) is 4.28. The van der Waals surface area contributed by atoms with Crippen molar-refractivity contribution in [2.45, 2.75) is 4.90 Å². The van der Waals surface area contributed by atoms with Crippen molar-refractivity contribution in [3.8, 4) is 11.4 Å². The zero-order valence-electron chi connectivity index (χ0n) is 6.82. The number of halogens is 1. The van der Waals surface area contributed by atoms with Crippen LogP contribution < -0.4 is 5.76 Å². The largest absolute Gasteiger partial charge is 0.439 e. The van der Waals surface area contributed by atoms with Crippen LogP contribution in [0.1, 0.15) is 0 Å². The van der Waals surface area contributed by atoms with Gasteiger partial charge in [-0.15, -0.1) is 12.6 Å². The van der Waals surface area contributed by atoms with E-state index in [1.54, 1.807) is 6.07 Å². The highest BCUT2D eigenvalue weighted by molar-refractivity contribution is 7.80. The van der Waals surface area contributed by atoms with Crippen LogP contribution >= 0.6 is 12.6 Å². The molecule has 2 aromatic rings. The fourth-order valence-corrected chi connectivity index (χ4v) is 1.23. The first-order chi connectivity index (χ1) is 6.66. The molecule has 0 atom stereocenters. The highest BCUT2D eigenvalue weighted by Crippen LogP contribution is 2.20. The van der Waals surface area contributed by atoms with E-state index in [-0.39, 0.29) is 11.4 Å². The number of aromatic amines is 1. The first-order valence-electron chi connectivity index (χ1n) is 3.72. The van der Waals surface area contributed by atoms with Crippen LogP contribution in [-0.4, -0.2) is 10.1 Å². The molecule has 2 rings (SSSR count). The summed E-state index contributed by atoms with van der Waals surface area (Å²) in [5.74, 6) is -1.16. The number of H-pyrrole nitrogens is 1. The second-order valence-corrected chi connectivity index (χ2v) is 3.12. The summed E-state index contributed by atoms with van der Waals surface area (Å²) in [6.45, 7) is 0. The van der Waals surface area contributed by atoms with Crippen LogP contribution in [0.5, 0.6) is 0 Å². The maximum Gasteiger partial charge on any atom is 0.439 e. The topological polar surface area (TPSA) is 58.9 Å². The average molecular weight is 212 g/mol. The van der Waals surface area contributed by atoms with Crippen molar-refractivity contribution in [1.29, 1.82) is 0 Å². The lowest BCUT2D eigenvalue weighted by Gasteiger charge is -1.97. The van der Waals surface area contributed by atoms with Crippen LogP contribution in [0.3, 0.4) is 0 Å². The maximum absolute atomic E-state index is 13.3. The Labute approximate surface area is 83.2 Å². The Kier molecular flexibility index (Phi) is 2.12. The van der Waals surface area contributed by atoms with Gasteiger partial charge in [0.2, 0.25) is 0 Å². The standard InChI is InChI=1S/C8H5FN2O2S/c9-6-3-4(14)1-2-5(6)7-10-8(12)13-11-7/h1-3,14H,(H,10,11,12). The second-order valence-electron chi connectivity index (χ2n) is 2.61. The lowest BCUT2D eigenvalue weighted by atomic mass is 10.2. The molecule has 0 aliphatic rings. The van der Waals surface area contributed by atoms with Gasteiger partial charge in [0, 0.05) is 4.90 Å². The number of benzene rings is 1. The minimum Gasteiger partial charge on any atom is -0.296 e. The predicted molar refractivity (Wildman–Crippen MR) is 49.8 cm³/mol. The molecular formula is C8H5FN2O2S. The van der Waals surface area contributed by atoms with Gasteiger partial charge < -0.3 is 0 Å². The molecule has 6 heteroatoms. The number of nitrogens with zero attached hydrogens (tertiary/aromatic N) is 1. The molecule has 0 aliphatic heterocycles. The predicted octanol–water partition coefficient (Wildman–Crippen LogP) is 1.46. The summed E-state index contributed by atoms with van der Waals surface area (Å²) in [5.41, 5.74) is 0.175. The number of hydrogen-bond acceptors (Lipinski definition) is 4. The Bertz CT molecular complexity index is 520. The van der Waals surface area contributed by atoms with Gasteiger partial charge in [0.15, 0.2) is 5.82 Å². The number of thiol groups is 1. The van der Waals surface area contributed by atoms with Crippen molar-refractivity contribution in [3.63, 3.8) is 0 Å². The number of nitrogens with one attached hydrogen (secondary N) is 1. The lowest BCUT2D eigenvalue weighted by molar-refractivity contribution is 0.387. The van der Waals surface area contributed by atoms with Crippen LogP contribution in [0.2, 0.25) is 0 Å². The Hall–Kier alpha value is -1.56. The smallest absolute Gasteiger partial charge is 0.296 e. The molecule has 0 bridgehead atoms. The van der Waals surface area contributed by atoms with Crippen LogP contribution in [0, 0.1) is 5.82 Å². The summed E-state index contributed by atoms with van der Waals surface area (Å²) in [4.78, 5) is 13.4. The third kappa shape index (κ3) is 1.56. The molecule has 1 heterocycles. The molecule has 4 nitrogen and oxygen atoms in total. The van der Waals surface area contributed by atoms with E-state index in [2.05, 4.69) is 27.3 Å². The van der Waals surface area contributed by atoms with Crippen molar-refractivity contribution in [3.05, 3.63) is 34.6 Å². The molecule has 0 aliphatic carbocycles. The van der Waals surface area contributed by atoms with E-state index in [0.29, 0.717) is 4.90 Å². The molecule has 1 aromatic carbocycles. The van der Waals surface area contributed by atoms with Gasteiger partial charge in [-0.3, -0.25) is 9.51 Å². The van der Waals surface area contributed by atoms with Crippen molar-refractivity contribution < 1.29 is 8.91 Å². The summed E-state index contributed by atoms with van der Waals surface area (Å²) in [6.07, 6.45) is 0. The highest BCUT2D eigenvalue weighted by atomic mass is 32.1. The van der Waals surface area contributed by atoms with Gasteiger partial charge in [-0.1, -0.05) is 5.16 Å². The van der Waals surface area contributed by atoms with E-state index in [1.165, 1.54) is 12.1 Å². The van der Waals surface area contributed by atoms with Gasteiger partial charge in [-0.2, -0.15) is 0 Å². The Morgan fingerprint density at radius 3 is 2.86 bits per heavy atom.